The van der Waals surface area contributed by atoms with Crippen LogP contribution in [0.2, 0.25) is 0 Å². The minimum atomic E-state index is -3.91. The molecule has 1 N–H and O–H groups in total. The number of carbonyl (C=O) groups is 1. The maximum Gasteiger partial charge on any atom is 0.246 e. The second kappa shape index (κ2) is 10.0. The van der Waals surface area contributed by atoms with Gasteiger partial charge < -0.3 is 10.1 Å². The van der Waals surface area contributed by atoms with Crippen molar-refractivity contribution in [3.05, 3.63) is 53.8 Å². The summed E-state index contributed by atoms with van der Waals surface area (Å²) in [5.41, 5.74) is 1.02. The molecule has 31 heavy (non-hydrogen) atoms. The molecule has 0 saturated carbocycles. The summed E-state index contributed by atoms with van der Waals surface area (Å²) in [5.74, 6) is -0.897. The zero-order valence-electron chi connectivity index (χ0n) is 17.8. The molecule has 1 aliphatic rings. The molecule has 0 unspecified atom stereocenters. The van der Waals surface area contributed by atoms with Crippen molar-refractivity contribution in [2.45, 2.75) is 35.6 Å². The first kappa shape index (κ1) is 23.6. The Balaban J connectivity index is 1.62. The van der Waals surface area contributed by atoms with Crippen LogP contribution in [-0.4, -0.2) is 45.1 Å². The van der Waals surface area contributed by atoms with Crippen molar-refractivity contribution in [2.75, 3.05) is 26.5 Å². The third-order valence-electron chi connectivity index (χ3n) is 5.54. The molecule has 0 aliphatic carbocycles. The maximum absolute atomic E-state index is 13.7. The van der Waals surface area contributed by atoms with Crippen molar-refractivity contribution >= 4 is 27.7 Å². The molecule has 9 heteroatoms. The lowest BCUT2D eigenvalue weighted by Gasteiger charge is -2.31. The van der Waals surface area contributed by atoms with Crippen LogP contribution in [0.4, 0.5) is 4.39 Å². The van der Waals surface area contributed by atoms with Crippen molar-refractivity contribution in [1.29, 1.82) is 0 Å². The largest absolute Gasteiger partial charge is 0.495 e. The van der Waals surface area contributed by atoms with Gasteiger partial charge in [0, 0.05) is 23.9 Å². The van der Waals surface area contributed by atoms with Crippen LogP contribution in [0.1, 0.15) is 31.4 Å². The van der Waals surface area contributed by atoms with Crippen LogP contribution >= 0.6 is 11.8 Å². The average molecular weight is 467 g/mol. The molecule has 1 fully saturated rings. The molecular weight excluding hydrogens is 439 g/mol. The van der Waals surface area contributed by atoms with Gasteiger partial charge in [0.2, 0.25) is 15.9 Å². The van der Waals surface area contributed by atoms with Gasteiger partial charge in [-0.3, -0.25) is 4.79 Å². The number of amides is 1. The Kier molecular flexibility index (Phi) is 7.61. The van der Waals surface area contributed by atoms with Crippen molar-refractivity contribution in [3.63, 3.8) is 0 Å². The van der Waals surface area contributed by atoms with Gasteiger partial charge in [-0.1, -0.05) is 12.1 Å². The molecule has 0 aromatic heterocycles. The van der Waals surface area contributed by atoms with Crippen molar-refractivity contribution in [3.8, 4) is 5.75 Å². The number of rotatable bonds is 7. The lowest BCUT2D eigenvalue weighted by atomic mass is 9.96. The fraction of sp³-hybridized carbons (Fsp3) is 0.409. The fourth-order valence-corrected chi connectivity index (χ4v) is 5.70. The van der Waals surface area contributed by atoms with Crippen LogP contribution in [0.3, 0.4) is 0 Å². The normalized spacial score (nSPS) is 16.6. The molecule has 1 atom stereocenters. The summed E-state index contributed by atoms with van der Waals surface area (Å²) in [4.78, 5) is 13.7. The molecule has 0 bridgehead atoms. The first-order valence-electron chi connectivity index (χ1n) is 10.0. The Hall–Kier alpha value is -2.10. The van der Waals surface area contributed by atoms with Crippen LogP contribution < -0.4 is 10.1 Å². The van der Waals surface area contributed by atoms with E-state index in [1.54, 1.807) is 11.8 Å². The van der Waals surface area contributed by atoms with E-state index in [1.165, 1.54) is 17.5 Å². The first-order valence-corrected chi connectivity index (χ1v) is 12.7. The van der Waals surface area contributed by atoms with Crippen LogP contribution in [0.15, 0.2) is 52.3 Å². The van der Waals surface area contributed by atoms with Crippen LogP contribution in [0.25, 0.3) is 0 Å². The quantitative estimate of drug-likeness (QED) is 0.628. The highest BCUT2D eigenvalue weighted by molar-refractivity contribution is 7.98. The van der Waals surface area contributed by atoms with Gasteiger partial charge in [0.1, 0.15) is 16.5 Å². The number of sulfonamides is 1. The summed E-state index contributed by atoms with van der Waals surface area (Å²) >= 11 is 1.66. The molecule has 0 radical (unpaired) electrons. The molecular formula is C22H27FN2O4S2. The summed E-state index contributed by atoms with van der Waals surface area (Å²) in [6.45, 7) is 2.32. The second-order valence-electron chi connectivity index (χ2n) is 7.48. The van der Waals surface area contributed by atoms with E-state index in [0.717, 1.165) is 22.6 Å². The van der Waals surface area contributed by atoms with E-state index in [2.05, 4.69) is 5.32 Å². The zero-order chi connectivity index (χ0) is 22.6. The molecule has 0 spiro atoms. The molecule has 1 amide bonds. The number of halogens is 1. The number of piperidine rings is 1. The first-order chi connectivity index (χ1) is 14.8. The van der Waals surface area contributed by atoms with E-state index in [9.17, 15) is 17.6 Å². The molecule has 1 heterocycles. The predicted molar refractivity (Wildman–Crippen MR) is 119 cm³/mol. The standard InChI is InChI=1S/C22H27FN2O4S2/c1-15(16-4-7-19(30-3)8-5-16)24-22(26)17-10-12-25(13-11-17)31(27,28)21-14-18(23)6-9-20(21)29-2/h4-9,14-15,17H,10-13H2,1-3H3,(H,24,26)/t15-/m1/s1. The number of ether oxygens (including phenoxy) is 1. The number of hydrogen-bond acceptors (Lipinski definition) is 5. The van der Waals surface area contributed by atoms with E-state index in [0.29, 0.717) is 12.8 Å². The minimum Gasteiger partial charge on any atom is -0.495 e. The summed E-state index contributed by atoms with van der Waals surface area (Å²) in [6.07, 6.45) is 2.82. The summed E-state index contributed by atoms with van der Waals surface area (Å²) in [6, 6.07) is 11.3. The second-order valence-corrected chi connectivity index (χ2v) is 10.3. The summed E-state index contributed by atoms with van der Waals surface area (Å²) < 4.78 is 46.0. The molecule has 3 rings (SSSR count). The zero-order valence-corrected chi connectivity index (χ0v) is 19.4. The average Bonchev–Trinajstić information content (AvgIpc) is 2.79. The van der Waals surface area contributed by atoms with Gasteiger partial charge in [-0.05, 0) is 61.9 Å². The van der Waals surface area contributed by atoms with Crippen molar-refractivity contribution in [1.82, 2.24) is 9.62 Å². The lowest BCUT2D eigenvalue weighted by Crippen LogP contribution is -2.43. The van der Waals surface area contributed by atoms with Crippen molar-refractivity contribution < 1.29 is 22.3 Å². The van der Waals surface area contributed by atoms with Gasteiger partial charge >= 0.3 is 0 Å². The molecule has 2 aromatic carbocycles. The SMILES string of the molecule is COc1ccc(F)cc1S(=O)(=O)N1CCC(C(=O)N[C@H](C)c2ccc(SC)cc2)CC1. The summed E-state index contributed by atoms with van der Waals surface area (Å²) in [5, 5.41) is 3.03. The molecule has 1 aliphatic heterocycles. The Morgan fingerprint density at radius 3 is 2.42 bits per heavy atom. The van der Waals surface area contributed by atoms with E-state index < -0.39 is 15.8 Å². The monoisotopic (exact) mass is 466 g/mol. The lowest BCUT2D eigenvalue weighted by molar-refractivity contribution is -0.126. The van der Waals surface area contributed by atoms with Crippen LogP contribution in [-0.2, 0) is 14.8 Å². The number of carbonyl (C=O) groups excluding carboxylic acids is 1. The van der Waals surface area contributed by atoms with E-state index in [1.807, 2.05) is 37.4 Å². The Morgan fingerprint density at radius 1 is 1.19 bits per heavy atom. The number of nitrogens with zero attached hydrogens (tertiary/aromatic N) is 1. The Bertz CT molecular complexity index is 1020. The predicted octanol–water partition coefficient (Wildman–Crippen LogP) is 3.83. The molecule has 2 aromatic rings. The smallest absolute Gasteiger partial charge is 0.246 e. The topological polar surface area (TPSA) is 75.7 Å². The van der Waals surface area contributed by atoms with Crippen LogP contribution in [0, 0.1) is 11.7 Å². The third kappa shape index (κ3) is 5.39. The van der Waals surface area contributed by atoms with E-state index in [-0.39, 0.29) is 41.6 Å². The third-order valence-corrected chi connectivity index (χ3v) is 8.21. The van der Waals surface area contributed by atoms with Gasteiger partial charge in [0.15, 0.2) is 0 Å². The number of methoxy groups -OCH3 is 1. The fourth-order valence-electron chi connectivity index (χ4n) is 3.66. The Morgan fingerprint density at radius 2 is 1.84 bits per heavy atom. The maximum atomic E-state index is 13.7. The van der Waals surface area contributed by atoms with Gasteiger partial charge in [-0.25, -0.2) is 12.8 Å². The van der Waals surface area contributed by atoms with Gasteiger partial charge in [-0.2, -0.15) is 4.31 Å². The summed E-state index contributed by atoms with van der Waals surface area (Å²) in [7, 11) is -2.57. The van der Waals surface area contributed by atoms with E-state index in [4.69, 9.17) is 4.74 Å². The molecule has 1 saturated heterocycles. The molecule has 6 nitrogen and oxygen atoms in total. The number of thioether (sulfide) groups is 1. The van der Waals surface area contributed by atoms with Gasteiger partial charge in [0.05, 0.1) is 13.2 Å². The van der Waals surface area contributed by atoms with Gasteiger partial charge in [0.25, 0.3) is 0 Å². The number of benzene rings is 2. The Labute approximate surface area is 187 Å². The van der Waals surface area contributed by atoms with E-state index >= 15 is 0 Å². The van der Waals surface area contributed by atoms with Crippen LogP contribution in [0.5, 0.6) is 5.75 Å². The highest BCUT2D eigenvalue weighted by atomic mass is 32.2. The number of nitrogens with one attached hydrogen (secondary N) is 1. The number of hydrogen-bond donors (Lipinski definition) is 1. The highest BCUT2D eigenvalue weighted by Crippen LogP contribution is 2.30. The highest BCUT2D eigenvalue weighted by Gasteiger charge is 2.34. The molecule has 168 valence electrons. The van der Waals surface area contributed by atoms with Gasteiger partial charge in [-0.15, -0.1) is 11.8 Å². The van der Waals surface area contributed by atoms with Crippen molar-refractivity contribution in [2.24, 2.45) is 5.92 Å². The minimum absolute atomic E-state index is 0.0816.